The third-order valence-electron chi connectivity index (χ3n) is 4.76. The third-order valence-corrected chi connectivity index (χ3v) is 4.76. The van der Waals surface area contributed by atoms with Gasteiger partial charge in [-0.3, -0.25) is 4.99 Å². The van der Waals surface area contributed by atoms with Crippen molar-refractivity contribution in [1.82, 2.24) is 20.5 Å². The Morgan fingerprint density at radius 2 is 2.28 bits per heavy atom. The molecular formula is C19H28FN5. The van der Waals surface area contributed by atoms with Gasteiger partial charge in [0.2, 0.25) is 0 Å². The van der Waals surface area contributed by atoms with Crippen molar-refractivity contribution in [2.75, 3.05) is 39.8 Å². The SMILES string of the molecule is CCNC(=NCC1CCN(C)C1)NCCc1c[nH]c2cc(F)ccc12. The van der Waals surface area contributed by atoms with E-state index in [2.05, 4.69) is 34.5 Å². The second-order valence-electron chi connectivity index (χ2n) is 6.82. The van der Waals surface area contributed by atoms with Crippen LogP contribution >= 0.6 is 0 Å². The number of H-pyrrole nitrogens is 1. The fraction of sp³-hybridized carbons (Fsp3) is 0.526. The van der Waals surface area contributed by atoms with Gasteiger partial charge in [0.25, 0.3) is 0 Å². The largest absolute Gasteiger partial charge is 0.361 e. The van der Waals surface area contributed by atoms with Gasteiger partial charge in [-0.1, -0.05) is 0 Å². The van der Waals surface area contributed by atoms with Crippen LogP contribution in [0.15, 0.2) is 29.4 Å². The van der Waals surface area contributed by atoms with Crippen LogP contribution in [0.25, 0.3) is 10.9 Å². The molecule has 25 heavy (non-hydrogen) atoms. The van der Waals surface area contributed by atoms with E-state index in [1.165, 1.54) is 30.7 Å². The average molecular weight is 345 g/mol. The van der Waals surface area contributed by atoms with Crippen molar-refractivity contribution in [2.45, 2.75) is 19.8 Å². The molecule has 0 spiro atoms. The van der Waals surface area contributed by atoms with Gasteiger partial charge < -0.3 is 20.5 Å². The first kappa shape index (κ1) is 17.7. The molecule has 136 valence electrons. The molecule has 1 aromatic carbocycles. The number of guanidine groups is 1. The van der Waals surface area contributed by atoms with E-state index >= 15 is 0 Å². The molecule has 0 bridgehead atoms. The maximum Gasteiger partial charge on any atom is 0.191 e. The smallest absolute Gasteiger partial charge is 0.191 e. The fourth-order valence-electron chi connectivity index (χ4n) is 3.42. The maximum absolute atomic E-state index is 13.3. The summed E-state index contributed by atoms with van der Waals surface area (Å²) in [7, 11) is 2.17. The van der Waals surface area contributed by atoms with Crippen LogP contribution in [0.3, 0.4) is 0 Å². The minimum absolute atomic E-state index is 0.210. The number of fused-ring (bicyclic) bond motifs is 1. The molecule has 1 saturated heterocycles. The first-order chi connectivity index (χ1) is 12.2. The summed E-state index contributed by atoms with van der Waals surface area (Å²) in [5, 5.41) is 7.80. The first-order valence-corrected chi connectivity index (χ1v) is 9.12. The van der Waals surface area contributed by atoms with E-state index in [0.29, 0.717) is 5.92 Å². The minimum Gasteiger partial charge on any atom is -0.361 e. The van der Waals surface area contributed by atoms with E-state index in [-0.39, 0.29) is 5.82 Å². The lowest BCUT2D eigenvalue weighted by Gasteiger charge is -2.13. The van der Waals surface area contributed by atoms with E-state index in [1.807, 2.05) is 12.3 Å². The lowest BCUT2D eigenvalue weighted by Crippen LogP contribution is -2.38. The molecule has 0 saturated carbocycles. The minimum atomic E-state index is -0.210. The molecule has 0 radical (unpaired) electrons. The van der Waals surface area contributed by atoms with Crippen molar-refractivity contribution in [2.24, 2.45) is 10.9 Å². The predicted molar refractivity (Wildman–Crippen MR) is 102 cm³/mol. The Balaban J connectivity index is 1.53. The number of nitrogens with zero attached hydrogens (tertiary/aromatic N) is 2. The van der Waals surface area contributed by atoms with Crippen molar-refractivity contribution in [1.29, 1.82) is 0 Å². The van der Waals surface area contributed by atoms with Crippen LogP contribution in [0, 0.1) is 11.7 Å². The number of aromatic nitrogens is 1. The lowest BCUT2D eigenvalue weighted by molar-refractivity contribution is 0.397. The third kappa shape index (κ3) is 4.72. The summed E-state index contributed by atoms with van der Waals surface area (Å²) in [5.41, 5.74) is 2.04. The van der Waals surface area contributed by atoms with Gasteiger partial charge in [-0.05, 0) is 63.0 Å². The van der Waals surface area contributed by atoms with Gasteiger partial charge >= 0.3 is 0 Å². The van der Waals surface area contributed by atoms with Crippen LogP contribution < -0.4 is 10.6 Å². The summed E-state index contributed by atoms with van der Waals surface area (Å²) >= 11 is 0. The number of aromatic amines is 1. The van der Waals surface area contributed by atoms with Crippen molar-refractivity contribution < 1.29 is 4.39 Å². The normalized spacial score (nSPS) is 18.8. The summed E-state index contributed by atoms with van der Waals surface area (Å²) in [6.45, 7) is 6.89. The molecule has 0 amide bonds. The molecule has 1 aliphatic rings. The molecule has 3 N–H and O–H groups in total. The lowest BCUT2D eigenvalue weighted by atomic mass is 10.1. The molecule has 6 heteroatoms. The molecule has 0 aliphatic carbocycles. The summed E-state index contributed by atoms with van der Waals surface area (Å²) in [6.07, 6.45) is 4.05. The summed E-state index contributed by atoms with van der Waals surface area (Å²) in [5.74, 6) is 1.32. The Bertz CT molecular complexity index is 724. The standard InChI is InChI=1S/C19H28FN5/c1-3-21-19(24-11-14-7-9-25(2)13-14)22-8-6-15-12-23-18-10-16(20)4-5-17(15)18/h4-5,10,12,14,23H,3,6-9,11,13H2,1-2H3,(H2,21,22,24). The molecule has 5 nitrogen and oxygen atoms in total. The van der Waals surface area contributed by atoms with Gasteiger partial charge in [-0.2, -0.15) is 0 Å². The van der Waals surface area contributed by atoms with E-state index in [0.717, 1.165) is 49.5 Å². The number of nitrogens with one attached hydrogen (secondary N) is 3. The Labute approximate surface area is 148 Å². The number of hydrogen-bond donors (Lipinski definition) is 3. The number of halogens is 1. The molecule has 2 heterocycles. The number of aliphatic imine (C=N–C) groups is 1. The molecule has 1 unspecified atom stereocenters. The molecular weight excluding hydrogens is 317 g/mol. The number of benzene rings is 1. The Hall–Kier alpha value is -2.08. The van der Waals surface area contributed by atoms with E-state index < -0.39 is 0 Å². The van der Waals surface area contributed by atoms with Crippen LogP contribution in [0.4, 0.5) is 4.39 Å². The topological polar surface area (TPSA) is 55.5 Å². The zero-order valence-electron chi connectivity index (χ0n) is 15.1. The van der Waals surface area contributed by atoms with E-state index in [9.17, 15) is 4.39 Å². The highest BCUT2D eigenvalue weighted by atomic mass is 19.1. The highest BCUT2D eigenvalue weighted by molar-refractivity contribution is 5.83. The molecule has 1 aromatic heterocycles. The van der Waals surface area contributed by atoms with Crippen molar-refractivity contribution in [3.8, 4) is 0 Å². The first-order valence-electron chi connectivity index (χ1n) is 9.12. The summed E-state index contributed by atoms with van der Waals surface area (Å²) in [6, 6.07) is 4.89. The highest BCUT2D eigenvalue weighted by Gasteiger charge is 2.18. The van der Waals surface area contributed by atoms with Crippen molar-refractivity contribution >= 4 is 16.9 Å². The fourth-order valence-corrected chi connectivity index (χ4v) is 3.42. The Kier molecular flexibility index (Phi) is 5.91. The molecule has 2 aromatic rings. The van der Waals surface area contributed by atoms with Gasteiger partial charge in [0.05, 0.1) is 0 Å². The number of likely N-dealkylation sites (tertiary alicyclic amines) is 1. The van der Waals surface area contributed by atoms with Gasteiger partial charge in [0, 0.05) is 43.3 Å². The average Bonchev–Trinajstić information content (AvgIpc) is 3.18. The quantitative estimate of drug-likeness (QED) is 0.556. The van der Waals surface area contributed by atoms with Gasteiger partial charge in [0.1, 0.15) is 5.82 Å². The molecule has 1 fully saturated rings. The van der Waals surface area contributed by atoms with E-state index in [1.54, 1.807) is 0 Å². The second kappa shape index (κ2) is 8.34. The summed E-state index contributed by atoms with van der Waals surface area (Å²) < 4.78 is 13.3. The van der Waals surface area contributed by atoms with Crippen LogP contribution in [-0.4, -0.2) is 55.6 Å². The summed E-state index contributed by atoms with van der Waals surface area (Å²) in [4.78, 5) is 10.2. The van der Waals surface area contributed by atoms with Gasteiger partial charge in [-0.15, -0.1) is 0 Å². The highest BCUT2D eigenvalue weighted by Crippen LogP contribution is 2.19. The van der Waals surface area contributed by atoms with Crippen molar-refractivity contribution in [3.63, 3.8) is 0 Å². The van der Waals surface area contributed by atoms with Gasteiger partial charge in [0.15, 0.2) is 5.96 Å². The number of hydrogen-bond acceptors (Lipinski definition) is 2. The maximum atomic E-state index is 13.3. The number of rotatable bonds is 6. The van der Waals surface area contributed by atoms with Gasteiger partial charge in [-0.25, -0.2) is 4.39 Å². The molecule has 1 aliphatic heterocycles. The zero-order valence-corrected chi connectivity index (χ0v) is 15.1. The predicted octanol–water partition coefficient (Wildman–Crippen LogP) is 2.36. The molecule has 3 rings (SSSR count). The van der Waals surface area contributed by atoms with Crippen LogP contribution in [-0.2, 0) is 6.42 Å². The monoisotopic (exact) mass is 345 g/mol. The van der Waals surface area contributed by atoms with Crippen LogP contribution in [0.5, 0.6) is 0 Å². The molecule has 1 atom stereocenters. The second-order valence-corrected chi connectivity index (χ2v) is 6.82. The van der Waals surface area contributed by atoms with Crippen LogP contribution in [0.1, 0.15) is 18.9 Å². The Morgan fingerprint density at radius 1 is 1.40 bits per heavy atom. The van der Waals surface area contributed by atoms with E-state index in [4.69, 9.17) is 4.99 Å². The van der Waals surface area contributed by atoms with Crippen molar-refractivity contribution in [3.05, 3.63) is 35.8 Å². The zero-order chi connectivity index (χ0) is 17.6. The Morgan fingerprint density at radius 3 is 3.04 bits per heavy atom. The van der Waals surface area contributed by atoms with Crippen LogP contribution in [0.2, 0.25) is 0 Å².